The van der Waals surface area contributed by atoms with Crippen LogP contribution in [0.25, 0.3) is 0 Å². The molecule has 1 N–H and O–H groups in total. The van der Waals surface area contributed by atoms with Crippen LogP contribution >= 0.6 is 0 Å². The van der Waals surface area contributed by atoms with Gasteiger partial charge in [-0.15, -0.1) is 0 Å². The maximum atomic E-state index is 14.0. The highest BCUT2D eigenvalue weighted by Crippen LogP contribution is 2.50. The number of carbonyl (C=O) groups excluding carboxylic acids is 2. The Morgan fingerprint density at radius 2 is 1.66 bits per heavy atom. The van der Waals surface area contributed by atoms with E-state index in [1.807, 2.05) is 36.4 Å². The van der Waals surface area contributed by atoms with Crippen LogP contribution in [-0.4, -0.2) is 87.4 Å². The summed E-state index contributed by atoms with van der Waals surface area (Å²) in [5.74, 6) is 0.652. The Morgan fingerprint density at radius 1 is 1.05 bits per heavy atom. The Bertz CT molecular complexity index is 1380. The van der Waals surface area contributed by atoms with Gasteiger partial charge in [0.2, 0.25) is 15.9 Å². The van der Waals surface area contributed by atoms with Crippen molar-refractivity contribution in [2.45, 2.75) is 70.4 Å². The van der Waals surface area contributed by atoms with Gasteiger partial charge in [-0.1, -0.05) is 43.3 Å². The third-order valence-electron chi connectivity index (χ3n) is 8.39. The lowest BCUT2D eigenvalue weighted by Gasteiger charge is -2.43. The quantitative estimate of drug-likeness (QED) is 0.351. The number of ether oxygens (including phenoxy) is 3. The van der Waals surface area contributed by atoms with E-state index in [1.54, 1.807) is 34.8 Å². The number of rotatable bonds is 11. The summed E-state index contributed by atoms with van der Waals surface area (Å²) in [5.41, 5.74) is 0.711. The maximum absolute atomic E-state index is 14.0. The average molecular weight is 630 g/mol. The van der Waals surface area contributed by atoms with Gasteiger partial charge < -0.3 is 24.4 Å². The summed E-state index contributed by atoms with van der Waals surface area (Å²) < 4.78 is 43.9. The van der Waals surface area contributed by atoms with Crippen molar-refractivity contribution < 1.29 is 32.2 Å². The van der Waals surface area contributed by atoms with E-state index in [0.29, 0.717) is 19.6 Å². The third kappa shape index (κ3) is 7.73. The Hall–Kier alpha value is -3.15. The SMILES string of the molecule is CCN(C1CC(C(=O)NCC2(CCCCOC)c3ccccc3Oc3ccccc32)CN(C(=O)OC(C)(C)C)C1)S(C)(=O)=O. The van der Waals surface area contributed by atoms with Crippen LogP contribution < -0.4 is 10.1 Å². The second kappa shape index (κ2) is 13.9. The van der Waals surface area contributed by atoms with Crippen molar-refractivity contribution >= 4 is 22.0 Å². The fourth-order valence-corrected chi connectivity index (χ4v) is 7.64. The maximum Gasteiger partial charge on any atom is 0.410 e. The van der Waals surface area contributed by atoms with Gasteiger partial charge in [-0.3, -0.25) is 4.79 Å². The molecule has 0 bridgehead atoms. The zero-order chi connectivity index (χ0) is 32.1. The van der Waals surface area contributed by atoms with Crippen LogP contribution in [0.2, 0.25) is 0 Å². The van der Waals surface area contributed by atoms with E-state index in [4.69, 9.17) is 14.2 Å². The minimum atomic E-state index is -3.57. The van der Waals surface area contributed by atoms with Crippen LogP contribution in [0.3, 0.4) is 0 Å². The summed E-state index contributed by atoms with van der Waals surface area (Å²) in [4.78, 5) is 28.7. The van der Waals surface area contributed by atoms with Crippen LogP contribution in [0.15, 0.2) is 48.5 Å². The second-order valence-corrected chi connectivity index (χ2v) is 14.7. The van der Waals surface area contributed by atoms with Crippen LogP contribution in [0.4, 0.5) is 4.79 Å². The number of benzene rings is 2. The molecule has 2 aromatic carbocycles. The van der Waals surface area contributed by atoms with Gasteiger partial charge >= 0.3 is 6.09 Å². The molecule has 2 atom stereocenters. The number of likely N-dealkylation sites (N-methyl/N-ethyl adjacent to an activating group) is 1. The van der Waals surface area contributed by atoms with Gasteiger partial charge in [-0.25, -0.2) is 13.2 Å². The smallest absolute Gasteiger partial charge is 0.410 e. The van der Waals surface area contributed by atoms with Gasteiger partial charge in [0.1, 0.15) is 17.1 Å². The molecular formula is C33H47N3O7S. The molecule has 1 saturated heterocycles. The first-order chi connectivity index (χ1) is 20.8. The molecule has 0 radical (unpaired) electrons. The second-order valence-electron chi connectivity index (χ2n) is 12.8. The first-order valence-electron chi connectivity index (χ1n) is 15.4. The van der Waals surface area contributed by atoms with E-state index in [-0.39, 0.29) is 25.5 Å². The number of fused-ring (bicyclic) bond motifs is 2. The van der Waals surface area contributed by atoms with Crippen LogP contribution in [0.5, 0.6) is 11.5 Å². The fourth-order valence-electron chi connectivity index (χ4n) is 6.48. The number of methoxy groups -OCH3 is 1. The monoisotopic (exact) mass is 629 g/mol. The fraction of sp³-hybridized carbons (Fsp3) is 0.576. The zero-order valence-corrected chi connectivity index (χ0v) is 27.6. The number of amides is 2. The van der Waals surface area contributed by atoms with Crippen LogP contribution in [0, 0.1) is 5.92 Å². The van der Waals surface area contributed by atoms with E-state index in [2.05, 4.69) is 17.4 Å². The van der Waals surface area contributed by atoms with Crippen LogP contribution in [0.1, 0.15) is 64.5 Å². The van der Waals surface area contributed by atoms with Gasteiger partial charge in [0.15, 0.2) is 0 Å². The molecule has 2 heterocycles. The normalized spacial score (nSPS) is 19.5. The Kier molecular flexibility index (Phi) is 10.6. The van der Waals surface area contributed by atoms with E-state index in [9.17, 15) is 18.0 Å². The summed E-state index contributed by atoms with van der Waals surface area (Å²) in [7, 11) is -1.88. The molecule has 0 aromatic heterocycles. The van der Waals surface area contributed by atoms with Crippen molar-refractivity contribution in [2.75, 3.05) is 46.2 Å². The van der Waals surface area contributed by atoms with E-state index >= 15 is 0 Å². The van der Waals surface area contributed by atoms with Crippen molar-refractivity contribution in [3.05, 3.63) is 59.7 Å². The summed E-state index contributed by atoms with van der Waals surface area (Å²) >= 11 is 0. The summed E-state index contributed by atoms with van der Waals surface area (Å²) in [6.07, 6.45) is 3.37. The first-order valence-corrected chi connectivity index (χ1v) is 17.2. The summed E-state index contributed by atoms with van der Waals surface area (Å²) in [6.45, 7) is 8.57. The minimum absolute atomic E-state index is 0.135. The van der Waals surface area contributed by atoms with Crippen molar-refractivity contribution in [1.82, 2.24) is 14.5 Å². The molecular weight excluding hydrogens is 582 g/mol. The molecule has 1 fully saturated rings. The molecule has 44 heavy (non-hydrogen) atoms. The molecule has 11 heteroatoms. The number of nitrogens with zero attached hydrogens (tertiary/aromatic N) is 2. The number of hydrogen-bond donors (Lipinski definition) is 1. The molecule has 2 amide bonds. The number of unbranched alkanes of at least 4 members (excludes halogenated alkanes) is 1. The van der Waals surface area contributed by atoms with E-state index in [1.165, 1.54) is 9.21 Å². The highest BCUT2D eigenvalue weighted by molar-refractivity contribution is 7.88. The number of likely N-dealkylation sites (tertiary alicyclic amines) is 1. The van der Waals surface area contributed by atoms with E-state index in [0.717, 1.165) is 48.1 Å². The number of sulfonamides is 1. The van der Waals surface area contributed by atoms with Crippen molar-refractivity contribution in [3.8, 4) is 11.5 Å². The Balaban J connectivity index is 1.65. The molecule has 0 aliphatic carbocycles. The van der Waals surface area contributed by atoms with E-state index < -0.39 is 39.1 Å². The third-order valence-corrected chi connectivity index (χ3v) is 9.80. The Labute approximate surface area is 262 Å². The highest BCUT2D eigenvalue weighted by Gasteiger charge is 2.44. The van der Waals surface area contributed by atoms with Crippen molar-refractivity contribution in [2.24, 2.45) is 5.92 Å². The van der Waals surface area contributed by atoms with Crippen molar-refractivity contribution in [1.29, 1.82) is 0 Å². The first kappa shape index (κ1) is 33.7. The molecule has 10 nitrogen and oxygen atoms in total. The number of nitrogens with one attached hydrogen (secondary N) is 1. The minimum Gasteiger partial charge on any atom is -0.457 e. The summed E-state index contributed by atoms with van der Waals surface area (Å²) in [6, 6.07) is 15.3. The zero-order valence-electron chi connectivity index (χ0n) is 26.8. The van der Waals surface area contributed by atoms with Gasteiger partial charge in [-0.05, 0) is 58.6 Å². The number of piperidine rings is 1. The molecule has 242 valence electrons. The lowest BCUT2D eigenvalue weighted by Crippen LogP contribution is -2.57. The molecule has 0 saturated carbocycles. The number of hydrogen-bond acceptors (Lipinski definition) is 7. The topological polar surface area (TPSA) is 114 Å². The molecule has 2 aromatic rings. The van der Waals surface area contributed by atoms with Gasteiger partial charge in [-0.2, -0.15) is 4.31 Å². The highest BCUT2D eigenvalue weighted by atomic mass is 32.2. The largest absolute Gasteiger partial charge is 0.457 e. The predicted octanol–water partition coefficient (Wildman–Crippen LogP) is 4.92. The van der Waals surface area contributed by atoms with Gasteiger partial charge in [0, 0.05) is 62.5 Å². The van der Waals surface area contributed by atoms with Gasteiger partial charge in [0.05, 0.1) is 12.2 Å². The molecule has 2 aliphatic rings. The standard InChI is InChI=1S/C33H47N3O7S/c1-7-36(44(6,39)40)25-20-24(21-35(22-25)31(38)43-32(2,3)4)30(37)34-23-33(18-12-13-19-41-5)26-14-8-10-16-28(26)42-29-17-11-9-15-27(29)33/h8-11,14-17,24-25H,7,12-13,18-23H2,1-6H3,(H,34,37). The lowest BCUT2D eigenvalue weighted by molar-refractivity contribution is -0.127. The summed E-state index contributed by atoms with van der Waals surface area (Å²) in [5, 5.41) is 3.24. The molecule has 4 rings (SSSR count). The molecule has 2 aliphatic heterocycles. The lowest BCUT2D eigenvalue weighted by atomic mass is 9.69. The van der Waals surface area contributed by atoms with Gasteiger partial charge in [0.25, 0.3) is 0 Å². The van der Waals surface area contributed by atoms with Crippen LogP contribution in [-0.2, 0) is 29.7 Å². The molecule has 2 unspecified atom stereocenters. The Morgan fingerprint density at radius 3 is 2.20 bits per heavy atom. The van der Waals surface area contributed by atoms with Crippen molar-refractivity contribution in [3.63, 3.8) is 0 Å². The predicted molar refractivity (Wildman–Crippen MR) is 169 cm³/mol. The average Bonchev–Trinajstić information content (AvgIpc) is 2.96. The molecule has 0 spiro atoms. The number of para-hydroxylation sites is 2. The number of carbonyl (C=O) groups is 2.